The van der Waals surface area contributed by atoms with Crippen LogP contribution in [0, 0.1) is 0 Å². The fraction of sp³-hybridized carbons (Fsp3) is 0.462. The van der Waals surface area contributed by atoms with Gasteiger partial charge in [-0.3, -0.25) is 0 Å². The summed E-state index contributed by atoms with van der Waals surface area (Å²) in [4.78, 5) is 25.1. The third-order valence-corrected chi connectivity index (χ3v) is 6.60. The minimum absolute atomic E-state index is 0.0226. The van der Waals surface area contributed by atoms with Gasteiger partial charge in [0.25, 0.3) is 0 Å². The van der Waals surface area contributed by atoms with Crippen molar-refractivity contribution < 1.29 is 14.3 Å². The molecule has 6 rings (SSSR count). The van der Waals surface area contributed by atoms with Gasteiger partial charge in [0, 0.05) is 24.0 Å². The van der Waals surface area contributed by atoms with Gasteiger partial charge in [0.05, 0.1) is 36.0 Å². The average Bonchev–Trinajstić information content (AvgIpc) is 3.59. The van der Waals surface area contributed by atoms with Crippen molar-refractivity contribution in [3.05, 3.63) is 42.1 Å². The maximum atomic E-state index is 8.00. The van der Waals surface area contributed by atoms with Gasteiger partial charge in [0.1, 0.15) is 13.4 Å². The number of ether oxygens (including phenoxy) is 2. The molecule has 194 valence electrons. The number of fused-ring (bicyclic) bond motifs is 4. The number of rotatable bonds is 3. The highest BCUT2D eigenvalue weighted by Gasteiger charge is 2.46. The summed E-state index contributed by atoms with van der Waals surface area (Å²) in [6.07, 6.45) is 2.20. The molecule has 9 nitrogen and oxygen atoms in total. The fourth-order valence-corrected chi connectivity index (χ4v) is 4.52. The van der Waals surface area contributed by atoms with Crippen LogP contribution in [0.4, 0.5) is 11.8 Å². The normalized spacial score (nSPS) is 18.5. The highest BCUT2D eigenvalue weighted by molar-refractivity contribution is 6.31. The van der Waals surface area contributed by atoms with E-state index in [1.807, 2.05) is 50.5 Å². The topological polar surface area (TPSA) is 94.4 Å². The molecular weight excluding hydrogens is 480 g/mol. The van der Waals surface area contributed by atoms with Crippen LogP contribution in [0.5, 0.6) is 5.75 Å². The molecule has 0 unspecified atom stereocenters. The Balaban J connectivity index is 0.000000563. The minimum atomic E-state index is 0.0226. The Kier molecular flexibility index (Phi) is 8.92. The van der Waals surface area contributed by atoms with Crippen molar-refractivity contribution in [1.29, 1.82) is 0 Å². The molecule has 3 aromatic rings. The molecular formula is C26H35ClN6O3. The van der Waals surface area contributed by atoms with E-state index in [2.05, 4.69) is 30.3 Å². The van der Waals surface area contributed by atoms with Crippen molar-refractivity contribution in [3.63, 3.8) is 0 Å². The Labute approximate surface area is 217 Å². The van der Waals surface area contributed by atoms with Crippen molar-refractivity contribution >= 4 is 41.2 Å². The Morgan fingerprint density at radius 1 is 1.14 bits per heavy atom. The molecule has 1 aromatic carbocycles. The summed E-state index contributed by atoms with van der Waals surface area (Å²) < 4.78 is 13.8. The quantitative estimate of drug-likeness (QED) is 0.498. The van der Waals surface area contributed by atoms with E-state index in [1.165, 1.54) is 0 Å². The highest BCUT2D eigenvalue weighted by atomic mass is 35.5. The van der Waals surface area contributed by atoms with Crippen molar-refractivity contribution in [3.8, 4) is 11.7 Å². The third kappa shape index (κ3) is 4.90. The lowest BCUT2D eigenvalue weighted by Crippen LogP contribution is -2.52. The Morgan fingerprint density at radius 3 is 2.53 bits per heavy atom. The van der Waals surface area contributed by atoms with E-state index in [0.29, 0.717) is 36.7 Å². The van der Waals surface area contributed by atoms with Crippen LogP contribution in [-0.4, -0.2) is 65.8 Å². The Hall–Kier alpha value is -3.17. The number of benzene rings is 1. The van der Waals surface area contributed by atoms with E-state index in [9.17, 15) is 0 Å². The van der Waals surface area contributed by atoms with Gasteiger partial charge >= 0.3 is 0 Å². The van der Waals surface area contributed by atoms with Gasteiger partial charge < -0.3 is 24.5 Å². The second kappa shape index (κ2) is 11.7. The number of carbonyl (C=O) groups excluding carboxylic acids is 1. The van der Waals surface area contributed by atoms with Gasteiger partial charge in [-0.15, -0.1) is 13.2 Å². The van der Waals surface area contributed by atoms with Crippen LogP contribution in [0.15, 0.2) is 31.4 Å². The fourth-order valence-electron chi connectivity index (χ4n) is 4.36. The van der Waals surface area contributed by atoms with Crippen molar-refractivity contribution in [1.82, 2.24) is 19.5 Å². The zero-order chi connectivity index (χ0) is 26.5. The molecule has 2 fully saturated rings. The standard InChI is InChI=1S/C21H23ClN6O2.C2H6.C2H4.CH2O/c1-21(5-6-21)17-16-18(27-7-8-29-10-13(27)11-30-16)26-20(25-17)28-15-9-12(22)3-4-14(15)24-19(28)23-2;3*1-2/h3-4,9,13H,5-8,10-11H2,1-2H3,(H,23,24);1-2H3;1-2H2;1H2/t13-;;;/m0.../s1. The number of nitrogens with zero attached hydrogens (tertiary/aromatic N) is 5. The van der Waals surface area contributed by atoms with Crippen LogP contribution in [0.25, 0.3) is 17.0 Å². The summed E-state index contributed by atoms with van der Waals surface area (Å²) in [5.74, 6) is 2.94. The highest BCUT2D eigenvalue weighted by Crippen LogP contribution is 2.53. The van der Waals surface area contributed by atoms with Crippen LogP contribution in [0.1, 0.15) is 39.3 Å². The first-order valence-electron chi connectivity index (χ1n) is 12.1. The minimum Gasteiger partial charge on any atom is -0.486 e. The second-order valence-electron chi connectivity index (χ2n) is 8.47. The molecule has 4 heterocycles. The molecule has 1 atom stereocenters. The predicted octanol–water partition coefficient (Wildman–Crippen LogP) is 4.80. The lowest BCUT2D eigenvalue weighted by atomic mass is 10.0. The molecule has 36 heavy (non-hydrogen) atoms. The zero-order valence-corrected chi connectivity index (χ0v) is 22.3. The SMILES string of the molecule is C=C.C=O.CC.CNc1nc2ccc(Cl)cc2n1-c1nc2c(c(C3(C)CC3)n1)OC[C@@H]1COCCN21. The first-order valence-corrected chi connectivity index (χ1v) is 12.5. The maximum Gasteiger partial charge on any atom is 0.239 e. The zero-order valence-electron chi connectivity index (χ0n) is 21.5. The number of halogens is 1. The monoisotopic (exact) mass is 514 g/mol. The van der Waals surface area contributed by atoms with Gasteiger partial charge in [0.2, 0.25) is 11.9 Å². The number of aromatic nitrogens is 4. The first-order chi connectivity index (χ1) is 17.6. The Morgan fingerprint density at radius 2 is 1.86 bits per heavy atom. The third-order valence-electron chi connectivity index (χ3n) is 6.37. The largest absolute Gasteiger partial charge is 0.486 e. The summed E-state index contributed by atoms with van der Waals surface area (Å²) in [6.45, 7) is 17.0. The molecule has 2 aromatic heterocycles. The smallest absolute Gasteiger partial charge is 0.239 e. The van der Waals surface area contributed by atoms with E-state index >= 15 is 0 Å². The number of anilines is 2. The van der Waals surface area contributed by atoms with Gasteiger partial charge in [-0.1, -0.05) is 32.4 Å². The van der Waals surface area contributed by atoms with E-state index in [4.69, 9.17) is 40.8 Å². The van der Waals surface area contributed by atoms with E-state index in [1.54, 1.807) is 0 Å². The molecule has 1 saturated heterocycles. The van der Waals surface area contributed by atoms with E-state index < -0.39 is 0 Å². The molecule has 2 aliphatic heterocycles. The number of nitrogens with one attached hydrogen (secondary N) is 1. The lowest BCUT2D eigenvalue weighted by Gasteiger charge is -2.41. The summed E-state index contributed by atoms with van der Waals surface area (Å²) in [7, 11) is 1.85. The molecule has 1 aliphatic carbocycles. The van der Waals surface area contributed by atoms with Crippen LogP contribution in [0.3, 0.4) is 0 Å². The number of morpholine rings is 1. The van der Waals surface area contributed by atoms with E-state index in [-0.39, 0.29) is 11.5 Å². The molecule has 10 heteroatoms. The van der Waals surface area contributed by atoms with Crippen LogP contribution in [-0.2, 0) is 14.9 Å². The van der Waals surface area contributed by atoms with Crippen LogP contribution < -0.4 is 15.0 Å². The van der Waals surface area contributed by atoms with E-state index in [0.717, 1.165) is 47.7 Å². The Bertz CT molecular complexity index is 1190. The first kappa shape index (κ1) is 27.4. The van der Waals surface area contributed by atoms with Crippen molar-refractivity contribution in [2.75, 3.05) is 43.6 Å². The van der Waals surface area contributed by atoms with Gasteiger partial charge in [-0.25, -0.2) is 14.5 Å². The van der Waals surface area contributed by atoms with Crippen LogP contribution in [0.2, 0.25) is 5.02 Å². The molecule has 0 amide bonds. The van der Waals surface area contributed by atoms with Gasteiger partial charge in [-0.2, -0.15) is 4.98 Å². The molecule has 1 saturated carbocycles. The van der Waals surface area contributed by atoms with Crippen molar-refractivity contribution in [2.24, 2.45) is 0 Å². The summed E-state index contributed by atoms with van der Waals surface area (Å²) >= 11 is 6.31. The number of hydrogen-bond acceptors (Lipinski definition) is 8. The molecule has 0 bridgehead atoms. The summed E-state index contributed by atoms with van der Waals surface area (Å²) in [6, 6.07) is 5.83. The lowest BCUT2D eigenvalue weighted by molar-refractivity contribution is -0.0980. The second-order valence-corrected chi connectivity index (χ2v) is 8.91. The average molecular weight is 515 g/mol. The van der Waals surface area contributed by atoms with Gasteiger partial charge in [-0.05, 0) is 31.0 Å². The molecule has 0 spiro atoms. The number of imidazole rings is 1. The molecule has 1 N–H and O–H groups in total. The predicted molar refractivity (Wildman–Crippen MR) is 145 cm³/mol. The van der Waals surface area contributed by atoms with Gasteiger partial charge in [0.15, 0.2) is 11.6 Å². The molecule has 0 radical (unpaired) electrons. The summed E-state index contributed by atoms with van der Waals surface area (Å²) in [5.41, 5.74) is 2.71. The number of carbonyl (C=O) groups is 1. The number of hydrogen-bond donors (Lipinski definition) is 1. The summed E-state index contributed by atoms with van der Waals surface area (Å²) in [5, 5.41) is 3.83. The van der Waals surface area contributed by atoms with Crippen LogP contribution >= 0.6 is 11.6 Å². The van der Waals surface area contributed by atoms with Crippen molar-refractivity contribution in [2.45, 2.75) is 45.1 Å². The maximum absolute atomic E-state index is 8.00. The molecule has 3 aliphatic rings.